The Balaban J connectivity index is 2.89. The molecule has 4 N–H and O–H groups in total. The number of nitrogens with two attached hydrogens (primary N) is 2. The van der Waals surface area contributed by atoms with Crippen LogP contribution in [0.25, 0.3) is 0 Å². The van der Waals surface area contributed by atoms with Gasteiger partial charge in [-0.1, -0.05) is 0 Å². The summed E-state index contributed by atoms with van der Waals surface area (Å²) in [7, 11) is 0. The number of aromatic nitrogens is 2. The Bertz CT molecular complexity index is 386. The maximum Gasteiger partial charge on any atom is 0.386 e. The van der Waals surface area contributed by atoms with E-state index in [1.807, 2.05) is 0 Å². The molecule has 0 radical (unpaired) electrons. The van der Waals surface area contributed by atoms with E-state index in [0.29, 0.717) is 5.69 Å². The summed E-state index contributed by atoms with van der Waals surface area (Å²) in [5, 5.41) is 10.5. The number of nitrogens with zero attached hydrogens (tertiary/aromatic N) is 3. The van der Waals surface area contributed by atoms with Gasteiger partial charge in [-0.05, 0) is 9.91 Å². The van der Waals surface area contributed by atoms with Gasteiger partial charge in [-0.3, -0.25) is 4.79 Å². The largest absolute Gasteiger partial charge is 0.386 e. The Hall–Kier alpha value is -1.96. The average molecular weight is 213 g/mol. The van der Waals surface area contributed by atoms with E-state index in [-0.39, 0.29) is 25.3 Å². The normalized spacial score (nSPS) is 10.2. The highest BCUT2D eigenvalue weighted by Gasteiger charge is 2.19. The maximum atomic E-state index is 10.5. The fourth-order valence-corrected chi connectivity index (χ4v) is 1.18. The zero-order valence-corrected chi connectivity index (χ0v) is 7.92. The van der Waals surface area contributed by atoms with Crippen LogP contribution in [0.5, 0.6) is 0 Å². The molecule has 1 aromatic heterocycles. The van der Waals surface area contributed by atoms with Crippen molar-refractivity contribution in [2.24, 2.45) is 11.5 Å². The molecule has 0 unspecified atom stereocenters. The molecule has 0 atom stereocenters. The van der Waals surface area contributed by atoms with Gasteiger partial charge >= 0.3 is 5.82 Å². The third kappa shape index (κ3) is 2.50. The minimum Gasteiger partial charge on any atom is -0.370 e. The zero-order valence-electron chi connectivity index (χ0n) is 7.92. The van der Waals surface area contributed by atoms with Crippen molar-refractivity contribution in [3.63, 3.8) is 0 Å². The lowest BCUT2D eigenvalue weighted by Gasteiger charge is -2.02. The van der Waals surface area contributed by atoms with Crippen LogP contribution in [0.15, 0.2) is 6.33 Å². The molecule has 8 nitrogen and oxygen atoms in total. The third-order valence-corrected chi connectivity index (χ3v) is 1.89. The summed E-state index contributed by atoms with van der Waals surface area (Å²) < 4.78 is 1.46. The second-order valence-electron chi connectivity index (χ2n) is 2.89. The van der Waals surface area contributed by atoms with Crippen molar-refractivity contribution in [3.05, 3.63) is 22.1 Å². The summed E-state index contributed by atoms with van der Waals surface area (Å²) in [6, 6.07) is 0. The van der Waals surface area contributed by atoms with Gasteiger partial charge in [0, 0.05) is 19.5 Å². The minimum atomic E-state index is -0.608. The lowest BCUT2D eigenvalue weighted by molar-refractivity contribution is -0.390. The quantitative estimate of drug-likeness (QED) is 0.484. The van der Waals surface area contributed by atoms with Crippen LogP contribution in [-0.4, -0.2) is 20.4 Å². The summed E-state index contributed by atoms with van der Waals surface area (Å²) in [5.41, 5.74) is 10.6. The molecule has 15 heavy (non-hydrogen) atoms. The monoisotopic (exact) mass is 213 g/mol. The van der Waals surface area contributed by atoms with Gasteiger partial charge in [-0.15, -0.1) is 0 Å². The third-order valence-electron chi connectivity index (χ3n) is 1.89. The van der Waals surface area contributed by atoms with Crippen molar-refractivity contribution in [2.75, 3.05) is 0 Å². The lowest BCUT2D eigenvalue weighted by atomic mass is 10.3. The van der Waals surface area contributed by atoms with Gasteiger partial charge in [0.25, 0.3) is 0 Å². The van der Waals surface area contributed by atoms with Gasteiger partial charge in [0.1, 0.15) is 5.69 Å². The molecule has 8 heteroatoms. The van der Waals surface area contributed by atoms with Gasteiger partial charge in [-0.25, -0.2) is 0 Å². The first-order valence-corrected chi connectivity index (χ1v) is 4.23. The molecule has 0 aromatic carbocycles. The van der Waals surface area contributed by atoms with Crippen LogP contribution in [0.1, 0.15) is 12.1 Å². The van der Waals surface area contributed by atoms with E-state index in [1.54, 1.807) is 0 Å². The predicted molar refractivity (Wildman–Crippen MR) is 50.6 cm³/mol. The van der Waals surface area contributed by atoms with E-state index in [2.05, 4.69) is 4.98 Å². The highest BCUT2D eigenvalue weighted by Crippen LogP contribution is 2.15. The first-order chi connectivity index (χ1) is 7.06. The summed E-state index contributed by atoms with van der Waals surface area (Å²) in [5.74, 6) is -0.753. The Morgan fingerprint density at radius 2 is 2.33 bits per heavy atom. The highest BCUT2D eigenvalue weighted by molar-refractivity contribution is 5.73. The molecule has 0 saturated heterocycles. The molecule has 0 aliphatic carbocycles. The number of amides is 1. The summed E-state index contributed by atoms with van der Waals surface area (Å²) in [4.78, 5) is 24.0. The second-order valence-corrected chi connectivity index (χ2v) is 2.89. The van der Waals surface area contributed by atoms with Gasteiger partial charge in [-0.2, -0.15) is 0 Å². The summed E-state index contributed by atoms with van der Waals surface area (Å²) >= 11 is 0. The molecule has 1 rings (SSSR count). The van der Waals surface area contributed by atoms with Gasteiger partial charge in [0.05, 0.1) is 0 Å². The smallest absolute Gasteiger partial charge is 0.370 e. The van der Waals surface area contributed by atoms with E-state index in [1.165, 1.54) is 10.9 Å². The van der Waals surface area contributed by atoms with Crippen molar-refractivity contribution < 1.29 is 9.72 Å². The maximum absolute atomic E-state index is 10.5. The van der Waals surface area contributed by atoms with Crippen LogP contribution in [0.2, 0.25) is 0 Å². The van der Waals surface area contributed by atoms with Crippen LogP contribution < -0.4 is 11.5 Å². The molecular weight excluding hydrogens is 202 g/mol. The number of carbonyl (C=O) groups is 1. The van der Waals surface area contributed by atoms with E-state index < -0.39 is 10.8 Å². The number of primary amides is 1. The molecule has 1 aromatic rings. The van der Waals surface area contributed by atoms with Crippen molar-refractivity contribution in [2.45, 2.75) is 19.5 Å². The SMILES string of the molecule is NCc1c([N+](=O)[O-])ncn1CCC(N)=O. The van der Waals surface area contributed by atoms with E-state index in [0.717, 1.165) is 0 Å². The molecule has 0 aliphatic heterocycles. The first kappa shape index (κ1) is 11.1. The number of hydrogen-bond donors (Lipinski definition) is 2. The van der Waals surface area contributed by atoms with Gasteiger partial charge < -0.3 is 26.1 Å². The van der Waals surface area contributed by atoms with E-state index >= 15 is 0 Å². The van der Waals surface area contributed by atoms with Crippen LogP contribution in [-0.2, 0) is 17.9 Å². The van der Waals surface area contributed by atoms with Gasteiger partial charge in [0.15, 0.2) is 0 Å². The molecular formula is C7H11N5O3. The fraction of sp³-hybridized carbons (Fsp3) is 0.429. The topological polar surface area (TPSA) is 130 Å². The lowest BCUT2D eigenvalue weighted by Crippen LogP contribution is -2.16. The van der Waals surface area contributed by atoms with Crippen molar-refractivity contribution >= 4 is 11.7 Å². The number of aryl methyl sites for hydroxylation is 1. The molecule has 0 aliphatic rings. The number of hydrogen-bond acceptors (Lipinski definition) is 5. The number of rotatable bonds is 5. The molecule has 0 fully saturated rings. The van der Waals surface area contributed by atoms with E-state index in [9.17, 15) is 14.9 Å². The summed E-state index contributed by atoms with van der Waals surface area (Å²) in [6.07, 6.45) is 1.38. The van der Waals surface area contributed by atoms with Crippen LogP contribution >= 0.6 is 0 Å². The second kappa shape index (κ2) is 4.51. The Labute approximate surface area is 85.0 Å². The predicted octanol–water partition coefficient (Wildman–Crippen LogP) is -0.875. The molecule has 1 amide bonds. The molecule has 1 heterocycles. The zero-order chi connectivity index (χ0) is 11.4. The minimum absolute atomic E-state index is 0.00489. The van der Waals surface area contributed by atoms with Crippen molar-refractivity contribution in [1.29, 1.82) is 0 Å². The number of nitro groups is 1. The standard InChI is InChI=1S/C7H11N5O3/c8-3-5-7(12(14)15)10-4-11(5)2-1-6(9)13/h4H,1-3,8H2,(H2,9,13). The Morgan fingerprint density at radius 1 is 1.67 bits per heavy atom. The average Bonchev–Trinajstić information content (AvgIpc) is 2.57. The van der Waals surface area contributed by atoms with Crippen LogP contribution in [0.4, 0.5) is 5.82 Å². The van der Waals surface area contributed by atoms with Crippen LogP contribution in [0.3, 0.4) is 0 Å². The van der Waals surface area contributed by atoms with Crippen LogP contribution in [0, 0.1) is 10.1 Å². The molecule has 0 saturated carbocycles. The Kier molecular flexibility index (Phi) is 3.34. The first-order valence-electron chi connectivity index (χ1n) is 4.23. The molecule has 82 valence electrons. The van der Waals surface area contributed by atoms with Gasteiger partial charge in [0.2, 0.25) is 12.2 Å². The Morgan fingerprint density at radius 3 is 2.80 bits per heavy atom. The van der Waals surface area contributed by atoms with Crippen molar-refractivity contribution in [1.82, 2.24) is 9.55 Å². The van der Waals surface area contributed by atoms with Crippen molar-refractivity contribution in [3.8, 4) is 0 Å². The fourth-order valence-electron chi connectivity index (χ4n) is 1.18. The summed E-state index contributed by atoms with van der Waals surface area (Å²) in [6.45, 7) is 0.248. The van der Waals surface area contributed by atoms with E-state index in [4.69, 9.17) is 11.5 Å². The number of imidazole rings is 1. The number of carbonyl (C=O) groups excluding carboxylic acids is 1. The molecule has 0 spiro atoms. The molecule has 0 bridgehead atoms. The highest BCUT2D eigenvalue weighted by atomic mass is 16.6.